The van der Waals surface area contributed by atoms with Gasteiger partial charge in [0.1, 0.15) is 5.75 Å². The third-order valence-electron chi connectivity index (χ3n) is 3.36. The van der Waals surface area contributed by atoms with E-state index in [1.165, 1.54) is 4.90 Å². The summed E-state index contributed by atoms with van der Waals surface area (Å²) in [6.45, 7) is 1.53. The molecule has 2 aromatic rings. The van der Waals surface area contributed by atoms with Crippen molar-refractivity contribution in [1.82, 2.24) is 4.90 Å². The maximum Gasteiger partial charge on any atom is 0.263 e. The van der Waals surface area contributed by atoms with Crippen LogP contribution in [0.5, 0.6) is 5.75 Å². The van der Waals surface area contributed by atoms with Crippen molar-refractivity contribution in [2.75, 3.05) is 18.9 Å². The van der Waals surface area contributed by atoms with E-state index in [0.717, 1.165) is 0 Å². The van der Waals surface area contributed by atoms with Crippen LogP contribution >= 0.6 is 23.2 Å². The van der Waals surface area contributed by atoms with Crippen LogP contribution in [0.25, 0.3) is 0 Å². The summed E-state index contributed by atoms with van der Waals surface area (Å²) in [5, 5.41) is 3.41. The number of nitrogens with zero attached hydrogens (tertiary/aromatic N) is 1. The van der Waals surface area contributed by atoms with Crippen LogP contribution in [0.15, 0.2) is 48.5 Å². The molecule has 1 N–H and O–H groups in total. The van der Waals surface area contributed by atoms with Gasteiger partial charge in [0.2, 0.25) is 5.91 Å². The first-order valence-corrected chi connectivity index (χ1v) is 8.34. The molecular weight excluding hydrogens is 363 g/mol. The van der Waals surface area contributed by atoms with Crippen molar-refractivity contribution >= 4 is 40.7 Å². The molecule has 2 aromatic carbocycles. The zero-order valence-electron chi connectivity index (χ0n) is 13.8. The normalized spacial score (nSPS) is 11.5. The second-order valence-electron chi connectivity index (χ2n) is 5.44. The maximum absolute atomic E-state index is 12.3. The van der Waals surface area contributed by atoms with Crippen molar-refractivity contribution in [3.05, 3.63) is 58.6 Å². The minimum atomic E-state index is -0.704. The topological polar surface area (TPSA) is 58.6 Å². The van der Waals surface area contributed by atoms with Gasteiger partial charge in [0.05, 0.1) is 16.6 Å². The summed E-state index contributed by atoms with van der Waals surface area (Å²) < 4.78 is 5.57. The number of para-hydroxylation sites is 1. The fraction of sp³-hybridized carbons (Fsp3) is 0.222. The number of likely N-dealkylation sites (N-methyl/N-ethyl adjacent to an activating group) is 1. The Kier molecular flexibility index (Phi) is 6.67. The molecule has 0 fully saturated rings. The number of amides is 2. The first-order chi connectivity index (χ1) is 11.9. The number of nitrogens with one attached hydrogen (secondary N) is 1. The van der Waals surface area contributed by atoms with Gasteiger partial charge in [0.25, 0.3) is 5.91 Å². The average Bonchev–Trinajstić information content (AvgIpc) is 2.58. The van der Waals surface area contributed by atoms with E-state index in [4.69, 9.17) is 27.9 Å². The monoisotopic (exact) mass is 380 g/mol. The first-order valence-electron chi connectivity index (χ1n) is 7.58. The number of anilines is 1. The van der Waals surface area contributed by atoms with Crippen LogP contribution < -0.4 is 10.1 Å². The van der Waals surface area contributed by atoms with Gasteiger partial charge in [-0.3, -0.25) is 9.59 Å². The van der Waals surface area contributed by atoms with Gasteiger partial charge < -0.3 is 15.0 Å². The molecule has 1 unspecified atom stereocenters. The molecule has 0 aliphatic heterocycles. The number of carbonyl (C=O) groups is 2. The molecule has 0 aliphatic rings. The van der Waals surface area contributed by atoms with E-state index in [9.17, 15) is 9.59 Å². The van der Waals surface area contributed by atoms with Crippen LogP contribution in [-0.2, 0) is 9.59 Å². The second kappa shape index (κ2) is 8.74. The van der Waals surface area contributed by atoms with Crippen molar-refractivity contribution in [3.8, 4) is 5.75 Å². The predicted molar refractivity (Wildman–Crippen MR) is 99.3 cm³/mol. The zero-order valence-corrected chi connectivity index (χ0v) is 15.3. The smallest absolute Gasteiger partial charge is 0.263 e. The van der Waals surface area contributed by atoms with Crippen molar-refractivity contribution in [2.45, 2.75) is 13.0 Å². The molecule has 132 valence electrons. The van der Waals surface area contributed by atoms with Crippen LogP contribution in [0.3, 0.4) is 0 Å². The van der Waals surface area contributed by atoms with E-state index < -0.39 is 6.10 Å². The van der Waals surface area contributed by atoms with Gasteiger partial charge in [-0.1, -0.05) is 41.4 Å². The van der Waals surface area contributed by atoms with Crippen LogP contribution in [-0.4, -0.2) is 36.4 Å². The maximum atomic E-state index is 12.3. The lowest BCUT2D eigenvalue weighted by Gasteiger charge is -2.21. The molecule has 7 heteroatoms. The highest BCUT2D eigenvalue weighted by Gasteiger charge is 2.21. The standard InChI is InChI=1S/C18H18Cl2N2O3/c1-12(25-14-6-4-3-5-7-14)18(24)22(2)11-17(23)21-13-8-9-15(19)16(20)10-13/h3-10,12H,11H2,1-2H3,(H,21,23). The minimum Gasteiger partial charge on any atom is -0.481 e. The molecule has 0 aliphatic carbocycles. The number of halogens is 2. The molecule has 0 heterocycles. The first kappa shape index (κ1) is 19.1. The van der Waals surface area contributed by atoms with Crippen LogP contribution in [0.2, 0.25) is 10.0 Å². The van der Waals surface area contributed by atoms with Gasteiger partial charge in [-0.2, -0.15) is 0 Å². The summed E-state index contributed by atoms with van der Waals surface area (Å²) in [4.78, 5) is 25.7. The average molecular weight is 381 g/mol. The fourth-order valence-corrected chi connectivity index (χ4v) is 2.43. The molecule has 25 heavy (non-hydrogen) atoms. The molecule has 0 saturated carbocycles. The Labute approximate surface area is 156 Å². The summed E-state index contributed by atoms with van der Waals surface area (Å²) in [6, 6.07) is 13.8. The van der Waals surface area contributed by atoms with Gasteiger partial charge in [-0.25, -0.2) is 0 Å². The number of carbonyl (C=O) groups excluding carboxylic acids is 2. The summed E-state index contributed by atoms with van der Waals surface area (Å²) >= 11 is 11.7. The summed E-state index contributed by atoms with van der Waals surface area (Å²) in [6.07, 6.45) is -0.704. The van der Waals surface area contributed by atoms with Gasteiger partial charge in [-0.15, -0.1) is 0 Å². The summed E-state index contributed by atoms with van der Waals surface area (Å²) in [5.41, 5.74) is 0.508. The Bertz CT molecular complexity index is 753. The molecule has 0 bridgehead atoms. The highest BCUT2D eigenvalue weighted by atomic mass is 35.5. The van der Waals surface area contributed by atoms with Gasteiger partial charge in [0, 0.05) is 12.7 Å². The van der Waals surface area contributed by atoms with Crippen molar-refractivity contribution in [1.29, 1.82) is 0 Å². The minimum absolute atomic E-state index is 0.110. The Morgan fingerprint density at radius 3 is 2.44 bits per heavy atom. The van der Waals surface area contributed by atoms with Crippen molar-refractivity contribution in [2.24, 2.45) is 0 Å². The molecule has 0 aromatic heterocycles. The molecule has 2 rings (SSSR count). The number of ether oxygens (including phenoxy) is 1. The molecule has 1 atom stereocenters. The van der Waals surface area contributed by atoms with E-state index in [0.29, 0.717) is 21.5 Å². The molecule has 2 amide bonds. The molecule has 0 radical (unpaired) electrons. The lowest BCUT2D eigenvalue weighted by atomic mass is 10.3. The third-order valence-corrected chi connectivity index (χ3v) is 4.10. The van der Waals surface area contributed by atoms with Gasteiger partial charge >= 0.3 is 0 Å². The van der Waals surface area contributed by atoms with Gasteiger partial charge in [0.15, 0.2) is 6.10 Å². The Morgan fingerprint density at radius 1 is 1.12 bits per heavy atom. The summed E-state index contributed by atoms with van der Waals surface area (Å²) in [5.74, 6) is -0.0497. The Hall–Kier alpha value is -2.24. The summed E-state index contributed by atoms with van der Waals surface area (Å²) in [7, 11) is 1.54. The SMILES string of the molecule is CC(Oc1ccccc1)C(=O)N(C)CC(=O)Nc1ccc(Cl)c(Cl)c1. The van der Waals surface area contributed by atoms with Crippen LogP contribution in [0, 0.1) is 0 Å². The van der Waals surface area contributed by atoms with Crippen molar-refractivity contribution < 1.29 is 14.3 Å². The molecule has 5 nitrogen and oxygen atoms in total. The molecular formula is C18H18Cl2N2O3. The van der Waals surface area contributed by atoms with Crippen LogP contribution in [0.4, 0.5) is 5.69 Å². The lowest BCUT2D eigenvalue weighted by Crippen LogP contribution is -2.41. The number of hydrogen-bond donors (Lipinski definition) is 1. The predicted octanol–water partition coefficient (Wildman–Crippen LogP) is 3.86. The van der Waals surface area contributed by atoms with E-state index in [2.05, 4.69) is 5.32 Å². The highest BCUT2D eigenvalue weighted by Crippen LogP contribution is 2.24. The zero-order chi connectivity index (χ0) is 18.4. The van der Waals surface area contributed by atoms with E-state index >= 15 is 0 Å². The third kappa shape index (κ3) is 5.66. The number of benzene rings is 2. The fourth-order valence-electron chi connectivity index (χ4n) is 2.13. The Balaban J connectivity index is 1.88. The largest absolute Gasteiger partial charge is 0.481 e. The quantitative estimate of drug-likeness (QED) is 0.827. The van der Waals surface area contributed by atoms with Gasteiger partial charge in [-0.05, 0) is 37.3 Å². The van der Waals surface area contributed by atoms with E-state index in [1.54, 1.807) is 44.3 Å². The molecule has 0 saturated heterocycles. The Morgan fingerprint density at radius 2 is 1.80 bits per heavy atom. The van der Waals surface area contributed by atoms with Crippen LogP contribution in [0.1, 0.15) is 6.92 Å². The van der Waals surface area contributed by atoms with Crippen molar-refractivity contribution in [3.63, 3.8) is 0 Å². The lowest BCUT2D eigenvalue weighted by molar-refractivity contribution is -0.139. The molecule has 0 spiro atoms. The van der Waals surface area contributed by atoms with E-state index in [1.807, 2.05) is 18.2 Å². The number of hydrogen-bond acceptors (Lipinski definition) is 3. The second-order valence-corrected chi connectivity index (χ2v) is 6.26. The highest BCUT2D eigenvalue weighted by molar-refractivity contribution is 6.42. The number of rotatable bonds is 6. The van der Waals surface area contributed by atoms with E-state index in [-0.39, 0.29) is 18.4 Å².